The molecule has 0 radical (unpaired) electrons. The number of aryl methyl sites for hydroxylation is 1. The number of hydrogen-bond donors (Lipinski definition) is 1. The van der Waals surface area contributed by atoms with E-state index in [0.717, 1.165) is 17.4 Å². The lowest BCUT2D eigenvalue weighted by molar-refractivity contribution is 0.276. The molecule has 21 heavy (non-hydrogen) atoms. The molecule has 1 aliphatic carbocycles. The molecule has 1 saturated carbocycles. The van der Waals surface area contributed by atoms with Gasteiger partial charge in [0.05, 0.1) is 0 Å². The van der Waals surface area contributed by atoms with Crippen LogP contribution in [0, 0.1) is 18.8 Å². The van der Waals surface area contributed by atoms with Crippen molar-refractivity contribution < 1.29 is 4.42 Å². The van der Waals surface area contributed by atoms with Crippen LogP contribution in [0.4, 0.5) is 5.69 Å². The van der Waals surface area contributed by atoms with Crippen molar-refractivity contribution in [3.05, 3.63) is 30.2 Å². The molecule has 112 valence electrons. The number of nitrogens with zero attached hydrogens (tertiary/aromatic N) is 2. The average Bonchev–Trinajstić information content (AvgIpc) is 2.98. The Morgan fingerprint density at radius 1 is 1.24 bits per heavy atom. The summed E-state index contributed by atoms with van der Waals surface area (Å²) in [5.74, 6) is 2.16. The molecule has 0 spiro atoms. The quantitative estimate of drug-likeness (QED) is 0.914. The van der Waals surface area contributed by atoms with Crippen LogP contribution in [0.1, 0.15) is 38.7 Å². The molecule has 4 nitrogen and oxygen atoms in total. The Hall–Kier alpha value is -1.84. The summed E-state index contributed by atoms with van der Waals surface area (Å²) >= 11 is 0. The molecule has 0 bridgehead atoms. The van der Waals surface area contributed by atoms with Crippen molar-refractivity contribution in [1.29, 1.82) is 0 Å². The standard InChI is InChI=1S/C17H23N3O/c1-11-4-6-15(12(2)8-11)19-16-7-5-14(9-13(16)3)17-20-18-10-21-17/h5,7,9-12,15,19H,4,6,8H2,1-3H3. The second-order valence-electron chi connectivity index (χ2n) is 6.42. The third-order valence-corrected chi connectivity index (χ3v) is 4.61. The van der Waals surface area contributed by atoms with E-state index in [1.54, 1.807) is 0 Å². The zero-order valence-electron chi connectivity index (χ0n) is 13.0. The van der Waals surface area contributed by atoms with Crippen molar-refractivity contribution >= 4 is 5.69 Å². The fourth-order valence-corrected chi connectivity index (χ4v) is 3.34. The topological polar surface area (TPSA) is 51.0 Å². The van der Waals surface area contributed by atoms with Crippen LogP contribution >= 0.6 is 0 Å². The fourth-order valence-electron chi connectivity index (χ4n) is 3.34. The lowest BCUT2D eigenvalue weighted by Gasteiger charge is -2.34. The van der Waals surface area contributed by atoms with E-state index in [4.69, 9.17) is 4.42 Å². The Labute approximate surface area is 126 Å². The molecule has 1 aliphatic rings. The lowest BCUT2D eigenvalue weighted by Crippen LogP contribution is -2.33. The Balaban J connectivity index is 1.74. The van der Waals surface area contributed by atoms with Gasteiger partial charge in [-0.3, -0.25) is 0 Å². The maximum Gasteiger partial charge on any atom is 0.247 e. The molecule has 2 aromatic rings. The van der Waals surface area contributed by atoms with Crippen LogP contribution in [0.2, 0.25) is 0 Å². The van der Waals surface area contributed by atoms with Crippen molar-refractivity contribution in [2.75, 3.05) is 5.32 Å². The second kappa shape index (κ2) is 5.88. The monoisotopic (exact) mass is 285 g/mol. The summed E-state index contributed by atoms with van der Waals surface area (Å²) in [6.45, 7) is 6.84. The minimum atomic E-state index is 0.574. The molecule has 3 atom stereocenters. The second-order valence-corrected chi connectivity index (χ2v) is 6.42. The summed E-state index contributed by atoms with van der Waals surface area (Å²) in [7, 11) is 0. The van der Waals surface area contributed by atoms with Gasteiger partial charge < -0.3 is 9.73 Å². The molecule has 3 rings (SSSR count). The smallest absolute Gasteiger partial charge is 0.247 e. The first-order valence-corrected chi connectivity index (χ1v) is 7.77. The predicted molar refractivity (Wildman–Crippen MR) is 84.1 cm³/mol. The Morgan fingerprint density at radius 3 is 2.76 bits per heavy atom. The first kappa shape index (κ1) is 14.1. The summed E-state index contributed by atoms with van der Waals surface area (Å²) < 4.78 is 5.25. The maximum atomic E-state index is 5.25. The highest BCUT2D eigenvalue weighted by atomic mass is 16.4. The number of hydrogen-bond acceptors (Lipinski definition) is 4. The molecule has 1 fully saturated rings. The molecule has 4 heteroatoms. The molecule has 1 aromatic carbocycles. The number of nitrogens with one attached hydrogen (secondary N) is 1. The van der Waals surface area contributed by atoms with Crippen molar-refractivity contribution in [1.82, 2.24) is 10.2 Å². The van der Waals surface area contributed by atoms with Crippen molar-refractivity contribution in [2.24, 2.45) is 11.8 Å². The first-order valence-electron chi connectivity index (χ1n) is 7.77. The predicted octanol–water partition coefficient (Wildman–Crippen LogP) is 4.28. The van der Waals surface area contributed by atoms with Crippen LogP contribution in [0.3, 0.4) is 0 Å². The third kappa shape index (κ3) is 3.09. The molecule has 1 heterocycles. The molecular weight excluding hydrogens is 262 g/mol. The zero-order valence-corrected chi connectivity index (χ0v) is 13.0. The van der Waals surface area contributed by atoms with Gasteiger partial charge in [0.2, 0.25) is 12.3 Å². The first-order chi connectivity index (χ1) is 10.1. The number of benzene rings is 1. The average molecular weight is 285 g/mol. The van der Waals surface area contributed by atoms with Gasteiger partial charge in [-0.1, -0.05) is 13.8 Å². The third-order valence-electron chi connectivity index (χ3n) is 4.61. The molecule has 3 unspecified atom stereocenters. The van der Waals surface area contributed by atoms with Crippen molar-refractivity contribution in [3.63, 3.8) is 0 Å². The van der Waals surface area contributed by atoms with Gasteiger partial charge >= 0.3 is 0 Å². The fraction of sp³-hybridized carbons (Fsp3) is 0.529. The summed E-state index contributed by atoms with van der Waals surface area (Å²) in [4.78, 5) is 0. The molecule has 1 aromatic heterocycles. The van der Waals surface area contributed by atoms with Crippen molar-refractivity contribution in [2.45, 2.75) is 46.1 Å². The van der Waals surface area contributed by atoms with Gasteiger partial charge in [0.1, 0.15) is 0 Å². The van der Waals surface area contributed by atoms with Crippen LogP contribution < -0.4 is 5.32 Å². The largest absolute Gasteiger partial charge is 0.423 e. The summed E-state index contributed by atoms with van der Waals surface area (Å²) in [5.41, 5.74) is 3.40. The van der Waals surface area contributed by atoms with Crippen LogP contribution in [0.5, 0.6) is 0 Å². The molecule has 0 saturated heterocycles. The van der Waals surface area contributed by atoms with Gasteiger partial charge in [-0.25, -0.2) is 0 Å². The van der Waals surface area contributed by atoms with Crippen molar-refractivity contribution in [3.8, 4) is 11.5 Å². The van der Waals surface area contributed by atoms with Gasteiger partial charge in [0.15, 0.2) is 0 Å². The normalized spacial score (nSPS) is 25.8. The van der Waals surface area contributed by atoms with E-state index in [-0.39, 0.29) is 0 Å². The van der Waals surface area contributed by atoms with Gasteiger partial charge in [-0.2, -0.15) is 0 Å². The molecule has 1 N–H and O–H groups in total. The van der Waals surface area contributed by atoms with Crippen LogP contribution in [0.25, 0.3) is 11.5 Å². The van der Waals surface area contributed by atoms with Gasteiger partial charge in [0, 0.05) is 17.3 Å². The summed E-state index contributed by atoms with van der Waals surface area (Å²) in [6.07, 6.45) is 5.26. The molecule has 0 amide bonds. The molecule has 0 aliphatic heterocycles. The summed E-state index contributed by atoms with van der Waals surface area (Å²) in [6, 6.07) is 6.85. The van der Waals surface area contributed by atoms with Crippen LogP contribution in [-0.4, -0.2) is 16.2 Å². The van der Waals surface area contributed by atoms with E-state index >= 15 is 0 Å². The van der Waals surface area contributed by atoms with E-state index in [1.165, 1.54) is 36.9 Å². The maximum absolute atomic E-state index is 5.25. The SMILES string of the molecule is Cc1cc(-c2nnco2)ccc1NC1CCC(C)CC1C. The highest BCUT2D eigenvalue weighted by molar-refractivity contribution is 5.62. The van der Waals surface area contributed by atoms with E-state index in [9.17, 15) is 0 Å². The minimum absolute atomic E-state index is 0.574. The number of rotatable bonds is 3. The molecular formula is C17H23N3O. The van der Waals surface area contributed by atoms with E-state index < -0.39 is 0 Å². The summed E-state index contributed by atoms with van der Waals surface area (Å²) in [5, 5.41) is 11.4. The Kier molecular flexibility index (Phi) is 3.95. The van der Waals surface area contributed by atoms with Gasteiger partial charge in [-0.15, -0.1) is 10.2 Å². The van der Waals surface area contributed by atoms with E-state index in [0.29, 0.717) is 11.9 Å². The Bertz CT molecular complexity index is 594. The van der Waals surface area contributed by atoms with E-state index in [1.807, 2.05) is 6.07 Å². The highest BCUT2D eigenvalue weighted by Gasteiger charge is 2.25. The number of anilines is 1. The zero-order chi connectivity index (χ0) is 14.8. The van der Waals surface area contributed by atoms with E-state index in [2.05, 4.69) is 48.4 Å². The minimum Gasteiger partial charge on any atom is -0.423 e. The highest BCUT2D eigenvalue weighted by Crippen LogP contribution is 2.32. The lowest BCUT2D eigenvalue weighted by atomic mass is 9.79. The van der Waals surface area contributed by atoms with Crippen LogP contribution in [-0.2, 0) is 0 Å². The number of aromatic nitrogens is 2. The van der Waals surface area contributed by atoms with Gasteiger partial charge in [-0.05, 0) is 61.8 Å². The van der Waals surface area contributed by atoms with Gasteiger partial charge in [0.25, 0.3) is 0 Å². The Morgan fingerprint density at radius 2 is 2.10 bits per heavy atom. The van der Waals surface area contributed by atoms with Crippen LogP contribution in [0.15, 0.2) is 29.0 Å².